The summed E-state index contributed by atoms with van der Waals surface area (Å²) in [5.74, 6) is 1.13. The fourth-order valence-corrected chi connectivity index (χ4v) is 2.03. The molecule has 0 fully saturated rings. The van der Waals surface area contributed by atoms with E-state index in [1.807, 2.05) is 7.05 Å². The van der Waals surface area contributed by atoms with E-state index in [4.69, 9.17) is 10.5 Å². The van der Waals surface area contributed by atoms with E-state index in [9.17, 15) is 4.79 Å². The maximum atomic E-state index is 12.1. The predicted octanol–water partition coefficient (Wildman–Crippen LogP) is 2.58. The average Bonchev–Trinajstić information content (AvgIpc) is 2.44. The summed E-state index contributed by atoms with van der Waals surface area (Å²) >= 11 is 0. The van der Waals surface area contributed by atoms with Gasteiger partial charge in [-0.05, 0) is 38.1 Å². The van der Waals surface area contributed by atoms with Crippen LogP contribution in [0.25, 0.3) is 0 Å². The van der Waals surface area contributed by atoms with E-state index in [-0.39, 0.29) is 5.91 Å². The number of hydrogen-bond donors (Lipinski definition) is 2. The Morgan fingerprint density at radius 2 is 2.05 bits per heavy atom. The summed E-state index contributed by atoms with van der Waals surface area (Å²) in [6.45, 7) is 7.25. The molecule has 1 aromatic carbocycles. The van der Waals surface area contributed by atoms with Crippen LogP contribution >= 0.6 is 0 Å². The van der Waals surface area contributed by atoms with Crippen molar-refractivity contribution < 1.29 is 9.53 Å². The molecule has 0 saturated heterocycles. The van der Waals surface area contributed by atoms with Gasteiger partial charge in [0.05, 0.1) is 12.8 Å². The summed E-state index contributed by atoms with van der Waals surface area (Å²) in [7, 11) is 3.61. The van der Waals surface area contributed by atoms with Crippen molar-refractivity contribution in [3.63, 3.8) is 0 Å². The van der Waals surface area contributed by atoms with Crippen LogP contribution in [0.15, 0.2) is 18.2 Å². The lowest BCUT2D eigenvalue weighted by atomic mass is 10.1. The maximum Gasteiger partial charge on any atom is 0.225 e. The van der Waals surface area contributed by atoms with Gasteiger partial charge < -0.3 is 20.7 Å². The fourth-order valence-electron chi connectivity index (χ4n) is 2.03. The van der Waals surface area contributed by atoms with Gasteiger partial charge in [0.1, 0.15) is 5.75 Å². The number of nitrogens with one attached hydrogen (secondary N) is 1. The number of nitrogens with zero attached hydrogens (tertiary/aromatic N) is 1. The van der Waals surface area contributed by atoms with Gasteiger partial charge in [0.25, 0.3) is 0 Å². The molecule has 0 spiro atoms. The lowest BCUT2D eigenvalue weighted by Gasteiger charge is -2.27. The first-order valence-electron chi connectivity index (χ1n) is 7.28. The molecule has 118 valence electrons. The number of anilines is 2. The van der Waals surface area contributed by atoms with Crippen LogP contribution in [0.3, 0.4) is 0 Å². The fraction of sp³-hybridized carbons (Fsp3) is 0.562. The molecule has 5 nitrogen and oxygen atoms in total. The van der Waals surface area contributed by atoms with Gasteiger partial charge in [0.2, 0.25) is 5.91 Å². The first-order chi connectivity index (χ1) is 9.85. The molecule has 0 aromatic heterocycles. The molecule has 0 saturated carbocycles. The Kier molecular flexibility index (Phi) is 6.49. The molecule has 5 heteroatoms. The molecule has 1 rings (SSSR count). The summed E-state index contributed by atoms with van der Waals surface area (Å²) < 4.78 is 5.22. The normalized spacial score (nSPS) is 12.5. The van der Waals surface area contributed by atoms with Gasteiger partial charge in [-0.2, -0.15) is 0 Å². The molecule has 1 amide bonds. The number of benzene rings is 1. The number of ether oxygens (including phenoxy) is 1. The van der Waals surface area contributed by atoms with E-state index in [1.54, 1.807) is 25.3 Å². The predicted molar refractivity (Wildman–Crippen MR) is 87.6 cm³/mol. The van der Waals surface area contributed by atoms with Gasteiger partial charge in [-0.1, -0.05) is 13.8 Å². The van der Waals surface area contributed by atoms with Crippen LogP contribution in [0.2, 0.25) is 0 Å². The molecule has 0 aliphatic carbocycles. The largest absolute Gasteiger partial charge is 0.495 e. The highest BCUT2D eigenvalue weighted by Crippen LogP contribution is 2.26. The number of methoxy groups -OCH3 is 1. The van der Waals surface area contributed by atoms with E-state index in [0.29, 0.717) is 35.5 Å². The second-order valence-electron chi connectivity index (χ2n) is 5.72. The Hall–Kier alpha value is -1.75. The molecule has 0 aliphatic heterocycles. The van der Waals surface area contributed by atoms with E-state index < -0.39 is 0 Å². The highest BCUT2D eigenvalue weighted by Gasteiger charge is 2.14. The standard InChI is InChI=1S/C16H27N3O2/c1-11(2)12(3)19(4)9-8-16(20)18-14-10-13(17)6-7-15(14)21-5/h6-7,10-12H,8-9,17H2,1-5H3,(H,18,20). The van der Waals surface area contributed by atoms with Crippen LogP contribution in [0, 0.1) is 5.92 Å². The van der Waals surface area contributed by atoms with Crippen LogP contribution in [-0.4, -0.2) is 37.6 Å². The Morgan fingerprint density at radius 1 is 1.38 bits per heavy atom. The quantitative estimate of drug-likeness (QED) is 0.758. The third-order valence-electron chi connectivity index (χ3n) is 3.85. The van der Waals surface area contributed by atoms with Crippen LogP contribution in [0.4, 0.5) is 11.4 Å². The number of hydrogen-bond acceptors (Lipinski definition) is 4. The SMILES string of the molecule is COc1ccc(N)cc1NC(=O)CCN(C)C(C)C(C)C. The summed E-state index contributed by atoms with van der Waals surface area (Å²) in [6, 6.07) is 5.64. The van der Waals surface area contributed by atoms with E-state index in [1.165, 1.54) is 0 Å². The number of carbonyl (C=O) groups excluding carboxylic acids is 1. The van der Waals surface area contributed by atoms with Gasteiger partial charge in [0.15, 0.2) is 0 Å². The second-order valence-corrected chi connectivity index (χ2v) is 5.72. The number of rotatable bonds is 7. The van der Waals surface area contributed by atoms with Gasteiger partial charge in [0, 0.05) is 24.7 Å². The van der Waals surface area contributed by atoms with Gasteiger partial charge in [-0.15, -0.1) is 0 Å². The third-order valence-corrected chi connectivity index (χ3v) is 3.85. The van der Waals surface area contributed by atoms with Crippen molar-refractivity contribution in [2.75, 3.05) is 31.8 Å². The van der Waals surface area contributed by atoms with Crippen molar-refractivity contribution in [2.24, 2.45) is 5.92 Å². The third kappa shape index (κ3) is 5.27. The molecule has 3 N–H and O–H groups in total. The minimum Gasteiger partial charge on any atom is -0.495 e. The monoisotopic (exact) mass is 293 g/mol. The van der Waals surface area contributed by atoms with Crippen molar-refractivity contribution in [2.45, 2.75) is 33.2 Å². The minimum atomic E-state index is -0.0401. The zero-order chi connectivity index (χ0) is 16.0. The molecular weight excluding hydrogens is 266 g/mol. The smallest absolute Gasteiger partial charge is 0.225 e. The van der Waals surface area contributed by atoms with Crippen molar-refractivity contribution in [3.8, 4) is 5.75 Å². The zero-order valence-corrected chi connectivity index (χ0v) is 13.6. The first kappa shape index (κ1) is 17.3. The lowest BCUT2D eigenvalue weighted by molar-refractivity contribution is -0.116. The summed E-state index contributed by atoms with van der Waals surface area (Å²) in [5, 5.41) is 2.86. The van der Waals surface area contributed by atoms with E-state index in [0.717, 1.165) is 6.54 Å². The topological polar surface area (TPSA) is 67.6 Å². The molecule has 0 radical (unpaired) electrons. The van der Waals surface area contributed by atoms with Crippen molar-refractivity contribution in [1.29, 1.82) is 0 Å². The minimum absolute atomic E-state index is 0.0401. The van der Waals surface area contributed by atoms with Crippen LogP contribution in [-0.2, 0) is 4.79 Å². The molecule has 0 aliphatic rings. The number of amides is 1. The summed E-state index contributed by atoms with van der Waals surface area (Å²) in [5.41, 5.74) is 6.95. The van der Waals surface area contributed by atoms with E-state index in [2.05, 4.69) is 31.0 Å². The Labute approximate surface area is 127 Å². The second kappa shape index (κ2) is 7.88. The van der Waals surface area contributed by atoms with Crippen molar-refractivity contribution in [1.82, 2.24) is 4.90 Å². The lowest BCUT2D eigenvalue weighted by Crippen LogP contribution is -2.35. The molecule has 1 atom stereocenters. The Bertz CT molecular complexity index is 475. The average molecular weight is 293 g/mol. The maximum absolute atomic E-state index is 12.1. The highest BCUT2D eigenvalue weighted by molar-refractivity contribution is 5.93. The molecule has 0 heterocycles. The van der Waals surface area contributed by atoms with Gasteiger partial charge in [-0.3, -0.25) is 4.79 Å². The van der Waals surface area contributed by atoms with E-state index >= 15 is 0 Å². The van der Waals surface area contributed by atoms with Gasteiger partial charge >= 0.3 is 0 Å². The van der Waals surface area contributed by atoms with Crippen molar-refractivity contribution in [3.05, 3.63) is 18.2 Å². The Balaban J connectivity index is 2.56. The van der Waals surface area contributed by atoms with Crippen LogP contribution in [0.1, 0.15) is 27.2 Å². The number of carbonyl (C=O) groups is 1. The van der Waals surface area contributed by atoms with Gasteiger partial charge in [-0.25, -0.2) is 0 Å². The van der Waals surface area contributed by atoms with Crippen molar-refractivity contribution >= 4 is 17.3 Å². The zero-order valence-electron chi connectivity index (χ0n) is 13.6. The molecule has 0 bridgehead atoms. The molecular formula is C16H27N3O2. The first-order valence-corrected chi connectivity index (χ1v) is 7.28. The number of nitrogen functional groups attached to an aromatic ring is 1. The van der Waals surface area contributed by atoms with Crippen LogP contribution in [0.5, 0.6) is 5.75 Å². The summed E-state index contributed by atoms with van der Waals surface area (Å²) in [4.78, 5) is 14.2. The summed E-state index contributed by atoms with van der Waals surface area (Å²) in [6.07, 6.45) is 0.436. The van der Waals surface area contributed by atoms with Crippen LogP contribution < -0.4 is 15.8 Å². The molecule has 1 unspecified atom stereocenters. The highest BCUT2D eigenvalue weighted by atomic mass is 16.5. The Morgan fingerprint density at radius 3 is 2.62 bits per heavy atom. The number of nitrogens with two attached hydrogens (primary N) is 1. The molecule has 21 heavy (non-hydrogen) atoms. The molecule has 1 aromatic rings.